The molecule has 0 radical (unpaired) electrons. The van der Waals surface area contributed by atoms with Crippen molar-refractivity contribution in [2.24, 2.45) is 17.8 Å². The minimum Gasteiger partial charge on any atom is -0.350 e. The molecule has 1 atom stereocenters. The molecule has 178 valence electrons. The molecular weight excluding hydrogens is 418 g/mol. The lowest BCUT2D eigenvalue weighted by atomic mass is 9.53. The number of thioether (sulfide) groups is 1. The Morgan fingerprint density at radius 3 is 2.28 bits per heavy atom. The third-order valence-corrected chi connectivity index (χ3v) is 9.66. The van der Waals surface area contributed by atoms with Crippen molar-refractivity contribution < 1.29 is 4.79 Å². The van der Waals surface area contributed by atoms with E-state index in [0.29, 0.717) is 11.8 Å². The maximum atomic E-state index is 13.1. The Balaban J connectivity index is 1.28. The van der Waals surface area contributed by atoms with Gasteiger partial charge in [0.15, 0.2) is 11.0 Å². The van der Waals surface area contributed by atoms with Crippen LogP contribution in [0.1, 0.15) is 102 Å². The quantitative estimate of drug-likeness (QED) is 0.556. The molecular formula is C25H41N5OS. The van der Waals surface area contributed by atoms with Gasteiger partial charge in [0, 0.05) is 11.6 Å². The van der Waals surface area contributed by atoms with Crippen LogP contribution in [0.25, 0.3) is 0 Å². The summed E-state index contributed by atoms with van der Waals surface area (Å²) in [6.45, 7) is 2.22. The molecule has 6 nitrogen and oxygen atoms in total. The average molecular weight is 460 g/mol. The monoisotopic (exact) mass is 459 g/mol. The van der Waals surface area contributed by atoms with Crippen molar-refractivity contribution in [2.45, 2.75) is 107 Å². The van der Waals surface area contributed by atoms with Crippen LogP contribution in [-0.2, 0) is 4.79 Å². The summed E-state index contributed by atoms with van der Waals surface area (Å²) < 4.78 is 2.40. The maximum absolute atomic E-state index is 13.1. The molecule has 1 amide bonds. The zero-order valence-corrected chi connectivity index (χ0v) is 21.0. The Bertz CT molecular complexity index is 780. The van der Waals surface area contributed by atoms with Crippen LogP contribution in [0.5, 0.6) is 0 Å². The van der Waals surface area contributed by atoms with Crippen LogP contribution < -0.4 is 5.32 Å². The van der Waals surface area contributed by atoms with Gasteiger partial charge >= 0.3 is 0 Å². The van der Waals surface area contributed by atoms with Gasteiger partial charge in [0.1, 0.15) is 0 Å². The van der Waals surface area contributed by atoms with Gasteiger partial charge in [-0.1, -0.05) is 37.9 Å². The Labute approximate surface area is 197 Å². The molecule has 0 spiro atoms. The van der Waals surface area contributed by atoms with E-state index in [2.05, 4.69) is 46.0 Å². The number of aromatic nitrogens is 3. The fourth-order valence-corrected chi connectivity index (χ4v) is 8.61. The maximum Gasteiger partial charge on any atom is 0.230 e. The van der Waals surface area contributed by atoms with Crippen molar-refractivity contribution in [3.05, 3.63) is 5.82 Å². The van der Waals surface area contributed by atoms with Crippen molar-refractivity contribution in [3.63, 3.8) is 0 Å². The van der Waals surface area contributed by atoms with E-state index in [0.717, 1.165) is 35.2 Å². The first-order valence-corrected chi connectivity index (χ1v) is 14.0. The molecule has 0 saturated heterocycles. The summed E-state index contributed by atoms with van der Waals surface area (Å²) in [5.74, 6) is 4.27. The van der Waals surface area contributed by atoms with E-state index in [1.165, 1.54) is 70.6 Å². The second kappa shape index (κ2) is 9.28. The fraction of sp³-hybridized carbons (Fsp3) is 0.880. The van der Waals surface area contributed by atoms with E-state index in [1.54, 1.807) is 11.8 Å². The van der Waals surface area contributed by atoms with Crippen LogP contribution in [0.3, 0.4) is 0 Å². The SMILES string of the molecule is CC[C@H](c1nnc(SCC(=O)NC23CC4CC(CC(C4)C2)C3)n1C1CCCCC1)N(C)C. The summed E-state index contributed by atoms with van der Waals surface area (Å²) in [4.78, 5) is 15.3. The highest BCUT2D eigenvalue weighted by Gasteiger charge is 2.51. The summed E-state index contributed by atoms with van der Waals surface area (Å²) in [6, 6.07) is 0.732. The van der Waals surface area contributed by atoms with Crippen molar-refractivity contribution in [2.75, 3.05) is 19.8 Å². The van der Waals surface area contributed by atoms with Gasteiger partial charge < -0.3 is 9.88 Å². The van der Waals surface area contributed by atoms with Crippen LogP contribution in [0, 0.1) is 17.8 Å². The van der Waals surface area contributed by atoms with E-state index < -0.39 is 0 Å². The molecule has 1 N–H and O–H groups in total. The molecule has 1 aromatic heterocycles. The Hall–Kier alpha value is -1.08. The summed E-state index contributed by atoms with van der Waals surface area (Å²) in [5.41, 5.74) is 0.0901. The highest BCUT2D eigenvalue weighted by molar-refractivity contribution is 7.99. The molecule has 7 heteroatoms. The second-order valence-corrected chi connectivity index (χ2v) is 12.4. The molecule has 0 aliphatic heterocycles. The van der Waals surface area contributed by atoms with E-state index >= 15 is 0 Å². The molecule has 0 unspecified atom stereocenters. The van der Waals surface area contributed by atoms with Crippen molar-refractivity contribution in [3.8, 4) is 0 Å². The van der Waals surface area contributed by atoms with Gasteiger partial charge in [0.2, 0.25) is 5.91 Å². The number of nitrogens with one attached hydrogen (secondary N) is 1. The number of carbonyl (C=O) groups is 1. The largest absolute Gasteiger partial charge is 0.350 e. The zero-order chi connectivity index (χ0) is 22.3. The predicted octanol–water partition coefficient (Wildman–Crippen LogP) is 4.97. The molecule has 5 fully saturated rings. The summed E-state index contributed by atoms with van der Waals surface area (Å²) in [5, 5.41) is 13.7. The minimum absolute atomic E-state index is 0.0901. The standard InChI is InChI=1S/C25H41N5OS/c1-4-21(29(2)3)23-27-28-24(30(23)20-8-6-5-7-9-20)32-16-22(31)26-25-13-17-10-18(14-25)12-19(11-17)15-25/h17-21H,4-16H2,1-3H3,(H,26,31)/t17?,18?,19?,21-,25?/m1/s1. The number of rotatable bonds is 8. The molecule has 32 heavy (non-hydrogen) atoms. The van der Waals surface area contributed by atoms with Crippen LogP contribution >= 0.6 is 11.8 Å². The molecule has 1 heterocycles. The number of amides is 1. The Kier molecular flexibility index (Phi) is 6.58. The normalized spacial score (nSPS) is 33.1. The number of hydrogen-bond acceptors (Lipinski definition) is 5. The van der Waals surface area contributed by atoms with Crippen LogP contribution in [0.15, 0.2) is 5.16 Å². The van der Waals surface area contributed by atoms with Gasteiger partial charge in [-0.15, -0.1) is 10.2 Å². The molecule has 6 rings (SSSR count). The van der Waals surface area contributed by atoms with Gasteiger partial charge in [-0.05, 0) is 89.6 Å². The first-order valence-electron chi connectivity index (χ1n) is 13.0. The van der Waals surface area contributed by atoms with Gasteiger partial charge in [-0.3, -0.25) is 9.69 Å². The van der Waals surface area contributed by atoms with Crippen LogP contribution in [0.4, 0.5) is 0 Å². The molecule has 5 aliphatic rings. The van der Waals surface area contributed by atoms with E-state index in [9.17, 15) is 4.79 Å². The lowest BCUT2D eigenvalue weighted by molar-refractivity contribution is -0.124. The van der Waals surface area contributed by atoms with Gasteiger partial charge in [0.25, 0.3) is 0 Å². The average Bonchev–Trinajstić information content (AvgIpc) is 3.15. The van der Waals surface area contributed by atoms with E-state index in [-0.39, 0.29) is 17.5 Å². The van der Waals surface area contributed by atoms with Crippen LogP contribution in [0.2, 0.25) is 0 Å². The lowest BCUT2D eigenvalue weighted by Crippen LogP contribution is -2.60. The number of carbonyl (C=O) groups excluding carboxylic acids is 1. The van der Waals surface area contributed by atoms with Crippen molar-refractivity contribution in [1.29, 1.82) is 0 Å². The molecule has 5 aliphatic carbocycles. The van der Waals surface area contributed by atoms with Crippen molar-refractivity contribution >= 4 is 17.7 Å². The lowest BCUT2D eigenvalue weighted by Gasteiger charge is -2.56. The Morgan fingerprint density at radius 1 is 1.09 bits per heavy atom. The number of nitrogens with zero attached hydrogens (tertiary/aromatic N) is 4. The fourth-order valence-electron chi connectivity index (χ4n) is 7.80. The summed E-state index contributed by atoms with van der Waals surface area (Å²) >= 11 is 1.60. The summed E-state index contributed by atoms with van der Waals surface area (Å²) in [7, 11) is 4.25. The number of hydrogen-bond donors (Lipinski definition) is 1. The topological polar surface area (TPSA) is 63.1 Å². The van der Waals surface area contributed by atoms with Crippen LogP contribution in [-0.4, -0.2) is 51.0 Å². The predicted molar refractivity (Wildman–Crippen MR) is 129 cm³/mol. The highest BCUT2D eigenvalue weighted by Crippen LogP contribution is 2.55. The second-order valence-electron chi connectivity index (χ2n) is 11.4. The summed E-state index contributed by atoms with van der Waals surface area (Å²) in [6.07, 6.45) is 15.1. The first-order chi connectivity index (χ1) is 15.5. The van der Waals surface area contributed by atoms with Crippen molar-refractivity contribution in [1.82, 2.24) is 25.0 Å². The van der Waals surface area contributed by atoms with E-state index in [1.807, 2.05) is 0 Å². The van der Waals surface area contributed by atoms with Gasteiger partial charge in [-0.25, -0.2) is 0 Å². The van der Waals surface area contributed by atoms with Gasteiger partial charge in [-0.2, -0.15) is 0 Å². The molecule has 1 aromatic rings. The molecule has 4 bridgehead atoms. The smallest absolute Gasteiger partial charge is 0.230 e. The van der Waals surface area contributed by atoms with E-state index in [4.69, 9.17) is 0 Å². The molecule has 5 saturated carbocycles. The first kappa shape index (κ1) is 22.7. The zero-order valence-electron chi connectivity index (χ0n) is 20.2. The van der Waals surface area contributed by atoms with Gasteiger partial charge in [0.05, 0.1) is 11.8 Å². The minimum atomic E-state index is 0.0901. The molecule has 0 aromatic carbocycles. The highest BCUT2D eigenvalue weighted by atomic mass is 32.2. The Morgan fingerprint density at radius 2 is 1.72 bits per heavy atom. The third kappa shape index (κ3) is 4.48. The third-order valence-electron chi connectivity index (χ3n) is 8.71.